The molecule has 25 heavy (non-hydrogen) atoms. The first kappa shape index (κ1) is 17.6. The van der Waals surface area contributed by atoms with Crippen LogP contribution in [0.25, 0.3) is 0 Å². The van der Waals surface area contributed by atoms with E-state index in [4.69, 9.17) is 5.26 Å². The molecule has 0 spiro atoms. The van der Waals surface area contributed by atoms with Gasteiger partial charge in [0.25, 0.3) is 0 Å². The average molecular weight is 356 g/mol. The fourth-order valence-electron chi connectivity index (χ4n) is 3.21. The first-order chi connectivity index (χ1) is 12.0. The fraction of sp³-hybridized carbons (Fsp3) is 0.316. The summed E-state index contributed by atoms with van der Waals surface area (Å²) in [5.41, 5.74) is 2.90. The van der Waals surface area contributed by atoms with Gasteiger partial charge in [-0.05, 0) is 25.1 Å². The van der Waals surface area contributed by atoms with E-state index in [-0.39, 0.29) is 4.90 Å². The highest BCUT2D eigenvalue weighted by atomic mass is 32.2. The van der Waals surface area contributed by atoms with E-state index in [0.717, 1.165) is 19.6 Å². The van der Waals surface area contributed by atoms with Crippen LogP contribution in [-0.4, -0.2) is 38.9 Å². The largest absolute Gasteiger partial charge is 0.329 e. The van der Waals surface area contributed by atoms with Gasteiger partial charge in [-0.15, -0.1) is 0 Å². The van der Waals surface area contributed by atoms with Crippen LogP contribution in [0, 0.1) is 18.3 Å². The normalized spacial score (nSPS) is 16.5. The van der Waals surface area contributed by atoms with Crippen LogP contribution in [0.3, 0.4) is 0 Å². The minimum atomic E-state index is -3.53. The lowest BCUT2D eigenvalue weighted by Gasteiger charge is -2.31. The lowest BCUT2D eigenvalue weighted by Crippen LogP contribution is -3.13. The Balaban J connectivity index is 1.66. The molecule has 1 heterocycles. The number of nitrogens with one attached hydrogen (secondary N) is 1. The molecule has 0 saturated carbocycles. The molecule has 0 unspecified atom stereocenters. The van der Waals surface area contributed by atoms with Gasteiger partial charge in [-0.1, -0.05) is 35.9 Å². The quantitative estimate of drug-likeness (QED) is 0.887. The molecule has 0 bridgehead atoms. The number of aryl methyl sites for hydroxylation is 1. The highest BCUT2D eigenvalue weighted by Crippen LogP contribution is 2.17. The molecule has 2 aromatic carbocycles. The molecule has 1 N–H and O–H groups in total. The van der Waals surface area contributed by atoms with Crippen molar-refractivity contribution in [3.8, 4) is 6.07 Å². The van der Waals surface area contributed by atoms with Gasteiger partial charge >= 0.3 is 0 Å². The molecular weight excluding hydrogens is 334 g/mol. The molecule has 2 aromatic rings. The Bertz CT molecular complexity index is 895. The summed E-state index contributed by atoms with van der Waals surface area (Å²) in [5.74, 6) is 0. The molecule has 1 aliphatic rings. The highest BCUT2D eigenvalue weighted by Gasteiger charge is 2.30. The van der Waals surface area contributed by atoms with E-state index in [1.165, 1.54) is 26.4 Å². The van der Waals surface area contributed by atoms with Crippen molar-refractivity contribution < 1.29 is 13.3 Å². The summed E-state index contributed by atoms with van der Waals surface area (Å²) in [6, 6.07) is 16.7. The van der Waals surface area contributed by atoms with E-state index >= 15 is 0 Å². The summed E-state index contributed by atoms with van der Waals surface area (Å²) >= 11 is 0. The third kappa shape index (κ3) is 4.07. The Morgan fingerprint density at radius 2 is 1.84 bits per heavy atom. The van der Waals surface area contributed by atoms with Gasteiger partial charge in [-0.25, -0.2) is 8.42 Å². The molecular formula is C19H22N3O2S+. The van der Waals surface area contributed by atoms with Crippen molar-refractivity contribution in [2.24, 2.45) is 0 Å². The standard InChI is InChI=1S/C19H21N3O2S/c1-16-4-2-6-18(12-16)15-21-8-10-22(11-9-21)25(23,24)19-7-3-5-17(13-19)14-20/h2-7,12-13H,8-11,15H2,1H3/p+1. The summed E-state index contributed by atoms with van der Waals surface area (Å²) in [6.07, 6.45) is 0. The molecule has 0 aliphatic carbocycles. The fourth-order valence-corrected chi connectivity index (χ4v) is 4.69. The zero-order chi connectivity index (χ0) is 17.9. The summed E-state index contributed by atoms with van der Waals surface area (Å²) in [6.45, 7) is 5.56. The van der Waals surface area contributed by atoms with Crippen molar-refractivity contribution in [2.75, 3.05) is 26.2 Å². The van der Waals surface area contributed by atoms with Crippen LogP contribution in [0.15, 0.2) is 53.4 Å². The summed E-state index contributed by atoms with van der Waals surface area (Å²) < 4.78 is 27.1. The lowest BCUT2D eigenvalue weighted by molar-refractivity contribution is -0.917. The second kappa shape index (κ2) is 7.36. The van der Waals surface area contributed by atoms with E-state index in [0.29, 0.717) is 18.7 Å². The van der Waals surface area contributed by atoms with Crippen molar-refractivity contribution in [2.45, 2.75) is 18.4 Å². The molecule has 0 radical (unpaired) electrons. The molecule has 1 fully saturated rings. The summed E-state index contributed by atoms with van der Waals surface area (Å²) in [4.78, 5) is 1.59. The van der Waals surface area contributed by atoms with Crippen LogP contribution in [0.5, 0.6) is 0 Å². The van der Waals surface area contributed by atoms with Crippen molar-refractivity contribution >= 4 is 10.0 Å². The number of hydrogen-bond donors (Lipinski definition) is 1. The van der Waals surface area contributed by atoms with E-state index in [2.05, 4.69) is 31.2 Å². The Morgan fingerprint density at radius 3 is 2.52 bits per heavy atom. The maximum atomic E-state index is 12.8. The molecule has 1 saturated heterocycles. The molecule has 0 amide bonds. The maximum Gasteiger partial charge on any atom is 0.243 e. The van der Waals surface area contributed by atoms with E-state index in [1.807, 2.05) is 6.07 Å². The van der Waals surface area contributed by atoms with Gasteiger partial charge in [-0.2, -0.15) is 9.57 Å². The Kier molecular flexibility index (Phi) is 5.19. The van der Waals surface area contributed by atoms with E-state index in [1.54, 1.807) is 18.2 Å². The minimum Gasteiger partial charge on any atom is -0.329 e. The number of piperazine rings is 1. The molecule has 0 aromatic heterocycles. The lowest BCUT2D eigenvalue weighted by atomic mass is 10.1. The molecule has 0 atom stereocenters. The van der Waals surface area contributed by atoms with E-state index in [9.17, 15) is 8.42 Å². The van der Waals surface area contributed by atoms with Crippen LogP contribution in [-0.2, 0) is 16.6 Å². The molecule has 3 rings (SSSR count). The predicted octanol–water partition coefficient (Wildman–Crippen LogP) is 0.956. The van der Waals surface area contributed by atoms with Crippen LogP contribution >= 0.6 is 0 Å². The van der Waals surface area contributed by atoms with Gasteiger partial charge in [0.15, 0.2) is 0 Å². The summed E-state index contributed by atoms with van der Waals surface area (Å²) in [7, 11) is -3.53. The Morgan fingerprint density at radius 1 is 1.12 bits per heavy atom. The first-order valence-electron chi connectivity index (χ1n) is 8.38. The second-order valence-corrected chi connectivity index (χ2v) is 8.40. The Labute approximate surface area is 149 Å². The smallest absolute Gasteiger partial charge is 0.243 e. The number of sulfonamides is 1. The molecule has 1 aliphatic heterocycles. The van der Waals surface area contributed by atoms with Gasteiger partial charge in [0.05, 0.1) is 42.7 Å². The Hall–Kier alpha value is -2.20. The molecule has 6 heteroatoms. The van der Waals surface area contributed by atoms with Crippen LogP contribution in [0.2, 0.25) is 0 Å². The van der Waals surface area contributed by atoms with Gasteiger partial charge in [0.2, 0.25) is 10.0 Å². The second-order valence-electron chi connectivity index (χ2n) is 6.46. The third-order valence-electron chi connectivity index (χ3n) is 4.57. The van der Waals surface area contributed by atoms with Crippen molar-refractivity contribution in [3.05, 3.63) is 65.2 Å². The third-order valence-corrected chi connectivity index (χ3v) is 6.46. The van der Waals surface area contributed by atoms with Crippen molar-refractivity contribution in [1.29, 1.82) is 5.26 Å². The average Bonchev–Trinajstić information content (AvgIpc) is 2.62. The number of rotatable bonds is 4. The van der Waals surface area contributed by atoms with Crippen molar-refractivity contribution in [3.63, 3.8) is 0 Å². The number of nitrogens with zero attached hydrogens (tertiary/aromatic N) is 2. The number of benzene rings is 2. The monoisotopic (exact) mass is 356 g/mol. The van der Waals surface area contributed by atoms with Crippen LogP contribution in [0.1, 0.15) is 16.7 Å². The zero-order valence-electron chi connectivity index (χ0n) is 14.3. The number of hydrogen-bond acceptors (Lipinski definition) is 3. The SMILES string of the molecule is Cc1cccc(C[NH+]2CCN(S(=O)(=O)c3cccc(C#N)c3)CC2)c1. The van der Waals surface area contributed by atoms with Crippen LogP contribution < -0.4 is 4.90 Å². The summed E-state index contributed by atoms with van der Waals surface area (Å²) in [5, 5.41) is 8.97. The highest BCUT2D eigenvalue weighted by molar-refractivity contribution is 7.89. The van der Waals surface area contributed by atoms with Gasteiger partial charge < -0.3 is 4.90 Å². The molecule has 130 valence electrons. The number of quaternary nitrogens is 1. The predicted molar refractivity (Wildman–Crippen MR) is 95.5 cm³/mol. The van der Waals surface area contributed by atoms with Crippen LogP contribution in [0.4, 0.5) is 0 Å². The van der Waals surface area contributed by atoms with Gasteiger partial charge in [0.1, 0.15) is 6.54 Å². The minimum absolute atomic E-state index is 0.202. The first-order valence-corrected chi connectivity index (χ1v) is 9.82. The number of nitriles is 1. The topological polar surface area (TPSA) is 65.6 Å². The van der Waals surface area contributed by atoms with Gasteiger partial charge in [0, 0.05) is 5.56 Å². The zero-order valence-corrected chi connectivity index (χ0v) is 15.1. The van der Waals surface area contributed by atoms with Crippen molar-refractivity contribution in [1.82, 2.24) is 4.31 Å². The van der Waals surface area contributed by atoms with Gasteiger partial charge in [-0.3, -0.25) is 0 Å². The molecule has 5 nitrogen and oxygen atoms in total. The van der Waals surface area contributed by atoms with E-state index < -0.39 is 10.0 Å². The maximum absolute atomic E-state index is 12.8.